The average Bonchev–Trinajstić information content (AvgIpc) is 2.75. The van der Waals surface area contributed by atoms with Gasteiger partial charge in [0, 0.05) is 0 Å². The molecule has 1 amide bonds. The normalized spacial score (nSPS) is 22.9. The number of phosphoric acid groups is 1. The zero-order chi connectivity index (χ0) is 26.9. The molecule has 1 aromatic rings. The fourth-order valence-corrected chi connectivity index (χ4v) is 5.70. The number of carbonyl (C=O) groups is 1. The van der Waals surface area contributed by atoms with E-state index in [9.17, 15) is 9.36 Å². The van der Waals surface area contributed by atoms with Gasteiger partial charge in [0.2, 0.25) is 0 Å². The highest BCUT2D eigenvalue weighted by atomic mass is 31.2. The van der Waals surface area contributed by atoms with Crippen molar-refractivity contribution in [2.75, 3.05) is 13.2 Å². The smallest absolute Gasteiger partial charge is 0.444 e. The molecule has 1 aliphatic heterocycles. The number of nitrogens with one attached hydrogen (secondary N) is 1. The second kappa shape index (κ2) is 13.4. The summed E-state index contributed by atoms with van der Waals surface area (Å²) < 4.78 is 35.2. The lowest BCUT2D eigenvalue weighted by molar-refractivity contribution is -0.0275. The SMILES string of the molecule is CCCCCCCCc1ccc(CCC2(NC(=O)OC(C)(C)C)COP(=O)(OC(C)(C)C)OC2)cc1. The predicted molar refractivity (Wildman–Crippen MR) is 144 cm³/mol. The Labute approximate surface area is 218 Å². The molecule has 1 heterocycles. The van der Waals surface area contributed by atoms with Crippen molar-refractivity contribution < 1.29 is 27.7 Å². The van der Waals surface area contributed by atoms with Crippen molar-refractivity contribution in [1.29, 1.82) is 0 Å². The molecule has 1 saturated heterocycles. The summed E-state index contributed by atoms with van der Waals surface area (Å²) in [6.07, 6.45) is 9.53. The zero-order valence-corrected chi connectivity index (χ0v) is 24.4. The maximum Gasteiger partial charge on any atom is 0.475 e. The monoisotopic (exact) mass is 525 g/mol. The van der Waals surface area contributed by atoms with Gasteiger partial charge in [-0.3, -0.25) is 13.6 Å². The molecule has 1 aliphatic rings. The highest BCUT2D eigenvalue weighted by molar-refractivity contribution is 7.48. The molecule has 1 N–H and O–H groups in total. The molecule has 0 aromatic heterocycles. The molecule has 0 atom stereocenters. The molecule has 0 unspecified atom stereocenters. The van der Waals surface area contributed by atoms with Crippen LogP contribution >= 0.6 is 7.82 Å². The highest BCUT2D eigenvalue weighted by Gasteiger charge is 2.46. The standard InChI is InChI=1S/C28H48NO6P/c1-8-9-10-11-12-13-14-23-15-17-24(18-16-23)19-20-28(29-25(30)34-26(2,3)4)21-32-36(31,33-22-28)35-27(5,6)7/h15-18H,8-14,19-22H2,1-7H3,(H,29,30). The molecule has 206 valence electrons. The number of rotatable bonds is 12. The number of hydrogen-bond donors (Lipinski definition) is 1. The van der Waals surface area contributed by atoms with Crippen LogP contribution in [-0.2, 0) is 35.7 Å². The molecule has 0 radical (unpaired) electrons. The van der Waals surface area contributed by atoms with Gasteiger partial charge in [0.15, 0.2) is 0 Å². The Kier molecular flexibility index (Phi) is 11.5. The molecule has 0 bridgehead atoms. The van der Waals surface area contributed by atoms with Gasteiger partial charge in [-0.1, -0.05) is 63.3 Å². The summed E-state index contributed by atoms with van der Waals surface area (Å²) in [5, 5.41) is 2.93. The van der Waals surface area contributed by atoms with Gasteiger partial charge < -0.3 is 10.1 Å². The molecular formula is C28H48NO6P. The van der Waals surface area contributed by atoms with Crippen molar-refractivity contribution in [3.05, 3.63) is 35.4 Å². The number of phosphoric ester groups is 1. The van der Waals surface area contributed by atoms with Crippen LogP contribution < -0.4 is 5.32 Å². The van der Waals surface area contributed by atoms with Crippen LogP contribution in [0.15, 0.2) is 24.3 Å². The molecule has 0 spiro atoms. The first kappa shape index (κ1) is 30.8. The Morgan fingerprint density at radius 2 is 1.42 bits per heavy atom. The van der Waals surface area contributed by atoms with Gasteiger partial charge in [-0.15, -0.1) is 0 Å². The Morgan fingerprint density at radius 1 is 0.889 bits per heavy atom. The minimum Gasteiger partial charge on any atom is -0.444 e. The minimum absolute atomic E-state index is 0.00964. The number of alkyl carbamates (subject to hydrolysis) is 1. The lowest BCUT2D eigenvalue weighted by atomic mass is 9.92. The molecule has 0 saturated carbocycles. The van der Waals surface area contributed by atoms with Crippen molar-refractivity contribution in [3.8, 4) is 0 Å². The molecule has 8 heteroatoms. The van der Waals surface area contributed by atoms with Crippen molar-refractivity contribution in [2.45, 2.75) is 123 Å². The largest absolute Gasteiger partial charge is 0.475 e. The van der Waals surface area contributed by atoms with Gasteiger partial charge in [-0.2, -0.15) is 0 Å². The fourth-order valence-electron chi connectivity index (χ4n) is 4.04. The Morgan fingerprint density at radius 3 is 1.94 bits per heavy atom. The first-order valence-electron chi connectivity index (χ1n) is 13.4. The van der Waals surface area contributed by atoms with Crippen LogP contribution in [0.4, 0.5) is 4.79 Å². The van der Waals surface area contributed by atoms with Crippen molar-refractivity contribution in [1.82, 2.24) is 5.32 Å². The molecular weight excluding hydrogens is 477 g/mol. The van der Waals surface area contributed by atoms with Crippen LogP contribution in [0.3, 0.4) is 0 Å². The lowest BCUT2D eigenvalue weighted by Crippen LogP contribution is -2.58. The summed E-state index contributed by atoms with van der Waals surface area (Å²) in [6.45, 7) is 13.1. The van der Waals surface area contributed by atoms with E-state index in [1.807, 2.05) is 20.8 Å². The van der Waals surface area contributed by atoms with Gasteiger partial charge in [-0.05, 0) is 78.4 Å². The summed E-state index contributed by atoms with van der Waals surface area (Å²) in [4.78, 5) is 12.6. The van der Waals surface area contributed by atoms with Gasteiger partial charge >= 0.3 is 13.9 Å². The third kappa shape index (κ3) is 11.8. The number of amides is 1. The van der Waals surface area contributed by atoms with Crippen molar-refractivity contribution in [3.63, 3.8) is 0 Å². The maximum atomic E-state index is 12.9. The Bertz CT molecular complexity index is 844. The molecule has 1 fully saturated rings. The van der Waals surface area contributed by atoms with E-state index in [4.69, 9.17) is 18.3 Å². The van der Waals surface area contributed by atoms with E-state index in [1.54, 1.807) is 20.8 Å². The maximum absolute atomic E-state index is 12.9. The van der Waals surface area contributed by atoms with Crippen LogP contribution in [0.25, 0.3) is 0 Å². The van der Waals surface area contributed by atoms with E-state index in [0.717, 1.165) is 12.0 Å². The van der Waals surface area contributed by atoms with Gasteiger partial charge in [0.25, 0.3) is 0 Å². The van der Waals surface area contributed by atoms with Crippen LogP contribution in [0, 0.1) is 0 Å². The first-order chi connectivity index (χ1) is 16.7. The van der Waals surface area contributed by atoms with E-state index in [2.05, 4.69) is 36.5 Å². The quantitative estimate of drug-likeness (QED) is 0.222. The van der Waals surface area contributed by atoms with E-state index in [1.165, 1.54) is 44.1 Å². The van der Waals surface area contributed by atoms with E-state index < -0.39 is 30.7 Å². The predicted octanol–water partition coefficient (Wildman–Crippen LogP) is 7.76. The molecule has 1 aromatic carbocycles. The summed E-state index contributed by atoms with van der Waals surface area (Å²) in [5.74, 6) is 0. The molecule has 0 aliphatic carbocycles. The summed E-state index contributed by atoms with van der Waals surface area (Å²) >= 11 is 0. The van der Waals surface area contributed by atoms with Crippen LogP contribution in [0.1, 0.15) is 105 Å². The summed E-state index contributed by atoms with van der Waals surface area (Å²) in [5.41, 5.74) is 0.296. The van der Waals surface area contributed by atoms with E-state index in [0.29, 0.717) is 12.8 Å². The number of carbonyl (C=O) groups excluding carboxylic acids is 1. The minimum atomic E-state index is -3.71. The topological polar surface area (TPSA) is 83.1 Å². The van der Waals surface area contributed by atoms with Crippen molar-refractivity contribution in [2.24, 2.45) is 0 Å². The Hall–Kier alpha value is -1.40. The van der Waals surface area contributed by atoms with E-state index in [-0.39, 0.29) is 13.2 Å². The average molecular weight is 526 g/mol. The number of benzene rings is 1. The zero-order valence-electron chi connectivity index (χ0n) is 23.5. The molecule has 2 rings (SSSR count). The first-order valence-corrected chi connectivity index (χ1v) is 14.9. The van der Waals surface area contributed by atoms with Crippen LogP contribution in [-0.4, -0.2) is 36.0 Å². The van der Waals surface area contributed by atoms with Gasteiger partial charge in [0.05, 0.1) is 24.4 Å². The number of ether oxygens (including phenoxy) is 1. The summed E-state index contributed by atoms with van der Waals surface area (Å²) in [7, 11) is -3.71. The van der Waals surface area contributed by atoms with E-state index >= 15 is 0 Å². The third-order valence-electron chi connectivity index (χ3n) is 5.88. The summed E-state index contributed by atoms with van der Waals surface area (Å²) in [6, 6.07) is 8.67. The van der Waals surface area contributed by atoms with Gasteiger partial charge in [0.1, 0.15) is 5.60 Å². The second-order valence-electron chi connectivity index (χ2n) is 11.9. The van der Waals surface area contributed by atoms with Crippen molar-refractivity contribution >= 4 is 13.9 Å². The number of aryl methyl sites for hydroxylation is 2. The fraction of sp³-hybridized carbons (Fsp3) is 0.750. The molecule has 7 nitrogen and oxygen atoms in total. The van der Waals surface area contributed by atoms with Gasteiger partial charge in [-0.25, -0.2) is 9.36 Å². The third-order valence-corrected chi connectivity index (χ3v) is 7.55. The highest BCUT2D eigenvalue weighted by Crippen LogP contribution is 2.56. The second-order valence-corrected chi connectivity index (χ2v) is 13.5. The Balaban J connectivity index is 1.98. The van der Waals surface area contributed by atoms with Crippen LogP contribution in [0.5, 0.6) is 0 Å². The molecule has 36 heavy (non-hydrogen) atoms. The number of hydrogen-bond acceptors (Lipinski definition) is 6. The van der Waals surface area contributed by atoms with Crippen LogP contribution in [0.2, 0.25) is 0 Å². The lowest BCUT2D eigenvalue weighted by Gasteiger charge is -2.41. The number of unbranched alkanes of at least 4 members (excludes halogenated alkanes) is 5.